The van der Waals surface area contributed by atoms with Crippen LogP contribution in [0.5, 0.6) is 0 Å². The van der Waals surface area contributed by atoms with Gasteiger partial charge in [0, 0.05) is 13.2 Å². The van der Waals surface area contributed by atoms with E-state index in [0.717, 1.165) is 13.0 Å². The van der Waals surface area contributed by atoms with Gasteiger partial charge in [0.1, 0.15) is 0 Å². The predicted octanol–water partition coefficient (Wildman–Crippen LogP) is 1.39. The van der Waals surface area contributed by atoms with Crippen molar-refractivity contribution in [3.63, 3.8) is 0 Å². The molecule has 0 aliphatic rings. The van der Waals surface area contributed by atoms with Crippen molar-refractivity contribution in [1.82, 2.24) is 4.90 Å². The Kier molecular flexibility index (Phi) is 3.93. The lowest BCUT2D eigenvalue weighted by molar-refractivity contribution is 0.349. The molecule has 2 N–H and O–H groups in total. The molecule has 0 aliphatic carbocycles. The summed E-state index contributed by atoms with van der Waals surface area (Å²) in [7, 11) is 2.04. The third-order valence-electron chi connectivity index (χ3n) is 2.34. The zero-order chi connectivity index (χ0) is 9.68. The molecular formula is C11H18N2. The number of aryl methyl sites for hydroxylation is 1. The second-order valence-corrected chi connectivity index (χ2v) is 3.44. The van der Waals surface area contributed by atoms with Gasteiger partial charge >= 0.3 is 0 Å². The maximum Gasteiger partial charge on any atom is 0.0452 e. The van der Waals surface area contributed by atoms with Gasteiger partial charge in [-0.15, -0.1) is 0 Å². The van der Waals surface area contributed by atoms with Crippen molar-refractivity contribution in [3.05, 3.63) is 35.4 Å². The van der Waals surface area contributed by atoms with Gasteiger partial charge in [-0.3, -0.25) is 4.90 Å². The first-order chi connectivity index (χ1) is 6.24. The van der Waals surface area contributed by atoms with E-state index in [1.54, 1.807) is 0 Å². The van der Waals surface area contributed by atoms with Gasteiger partial charge in [-0.1, -0.05) is 24.3 Å². The van der Waals surface area contributed by atoms with Gasteiger partial charge in [-0.05, 0) is 31.5 Å². The normalized spacial score (nSPS) is 10.8. The van der Waals surface area contributed by atoms with Gasteiger partial charge in [0.2, 0.25) is 0 Å². The lowest BCUT2D eigenvalue weighted by atomic mass is 10.1. The Morgan fingerprint density at radius 3 is 2.62 bits per heavy atom. The van der Waals surface area contributed by atoms with Crippen molar-refractivity contribution in [2.45, 2.75) is 13.3 Å². The minimum atomic E-state index is 0.631. The summed E-state index contributed by atoms with van der Waals surface area (Å²) in [6.07, 6.45) is 1.08. The average Bonchev–Trinajstić information content (AvgIpc) is 2.16. The monoisotopic (exact) mass is 178 g/mol. The van der Waals surface area contributed by atoms with E-state index in [0.29, 0.717) is 6.67 Å². The maximum atomic E-state index is 5.50. The van der Waals surface area contributed by atoms with Crippen molar-refractivity contribution >= 4 is 0 Å². The number of likely N-dealkylation sites (N-methyl/N-ethyl adjacent to an activating group) is 1. The standard InChI is InChI=1S/C11H18N2/c1-10-5-3-4-6-11(10)7-8-13(2)9-12/h3-6H,7-9,12H2,1-2H3. The molecule has 1 rings (SSSR count). The number of nitrogens with zero attached hydrogens (tertiary/aromatic N) is 1. The fourth-order valence-corrected chi connectivity index (χ4v) is 1.29. The Morgan fingerprint density at radius 2 is 2.00 bits per heavy atom. The maximum absolute atomic E-state index is 5.50. The smallest absolute Gasteiger partial charge is 0.0452 e. The summed E-state index contributed by atoms with van der Waals surface area (Å²) in [6, 6.07) is 8.49. The molecule has 0 amide bonds. The number of hydrogen-bond acceptors (Lipinski definition) is 2. The van der Waals surface area contributed by atoms with E-state index < -0.39 is 0 Å². The molecule has 0 unspecified atom stereocenters. The lowest BCUT2D eigenvalue weighted by Crippen LogP contribution is -2.27. The van der Waals surface area contributed by atoms with E-state index in [2.05, 4.69) is 36.1 Å². The Morgan fingerprint density at radius 1 is 1.31 bits per heavy atom. The van der Waals surface area contributed by atoms with E-state index >= 15 is 0 Å². The van der Waals surface area contributed by atoms with Crippen LogP contribution in [0.15, 0.2) is 24.3 Å². The first-order valence-electron chi connectivity index (χ1n) is 4.67. The summed E-state index contributed by atoms with van der Waals surface area (Å²) in [4.78, 5) is 2.12. The van der Waals surface area contributed by atoms with Crippen LogP contribution < -0.4 is 5.73 Å². The third kappa shape index (κ3) is 3.17. The molecular weight excluding hydrogens is 160 g/mol. The van der Waals surface area contributed by atoms with Crippen molar-refractivity contribution in [2.75, 3.05) is 20.3 Å². The first-order valence-corrected chi connectivity index (χ1v) is 4.67. The second kappa shape index (κ2) is 5.00. The SMILES string of the molecule is Cc1ccccc1CCN(C)CN. The molecule has 0 bridgehead atoms. The van der Waals surface area contributed by atoms with E-state index in [4.69, 9.17) is 5.73 Å². The summed E-state index contributed by atoms with van der Waals surface area (Å²) >= 11 is 0. The number of benzene rings is 1. The molecule has 1 aromatic rings. The molecule has 0 aromatic heterocycles. The zero-order valence-corrected chi connectivity index (χ0v) is 8.46. The van der Waals surface area contributed by atoms with E-state index in [1.165, 1.54) is 11.1 Å². The molecule has 0 spiro atoms. The van der Waals surface area contributed by atoms with E-state index in [9.17, 15) is 0 Å². The molecule has 0 saturated carbocycles. The van der Waals surface area contributed by atoms with Crippen LogP contribution in [0, 0.1) is 6.92 Å². The lowest BCUT2D eigenvalue weighted by Gasteiger charge is -2.14. The summed E-state index contributed by atoms with van der Waals surface area (Å²) in [5.41, 5.74) is 8.29. The third-order valence-corrected chi connectivity index (χ3v) is 2.34. The van der Waals surface area contributed by atoms with Crippen LogP contribution in [0.4, 0.5) is 0 Å². The highest BCUT2D eigenvalue weighted by Gasteiger charge is 1.98. The topological polar surface area (TPSA) is 29.3 Å². The number of hydrogen-bond donors (Lipinski definition) is 1. The molecule has 2 nitrogen and oxygen atoms in total. The Hall–Kier alpha value is -0.860. The summed E-state index contributed by atoms with van der Waals surface area (Å²) < 4.78 is 0. The molecule has 0 fully saturated rings. The van der Waals surface area contributed by atoms with Gasteiger partial charge in [0.15, 0.2) is 0 Å². The molecule has 0 saturated heterocycles. The molecule has 0 atom stereocenters. The molecule has 0 aliphatic heterocycles. The average molecular weight is 178 g/mol. The summed E-state index contributed by atoms with van der Waals surface area (Å²) in [5.74, 6) is 0. The minimum absolute atomic E-state index is 0.631. The molecule has 1 aromatic carbocycles. The van der Waals surface area contributed by atoms with Crippen LogP contribution in [-0.4, -0.2) is 25.2 Å². The summed E-state index contributed by atoms with van der Waals surface area (Å²) in [6.45, 7) is 3.81. The Balaban J connectivity index is 2.50. The predicted molar refractivity (Wildman–Crippen MR) is 56.6 cm³/mol. The molecule has 0 radical (unpaired) electrons. The molecule has 2 heteroatoms. The molecule has 72 valence electrons. The minimum Gasteiger partial charge on any atom is -0.318 e. The van der Waals surface area contributed by atoms with Crippen molar-refractivity contribution in [1.29, 1.82) is 0 Å². The van der Waals surface area contributed by atoms with Gasteiger partial charge < -0.3 is 5.73 Å². The van der Waals surface area contributed by atoms with E-state index in [-0.39, 0.29) is 0 Å². The number of nitrogens with two attached hydrogens (primary N) is 1. The van der Waals surface area contributed by atoms with Crippen LogP contribution in [0.2, 0.25) is 0 Å². The summed E-state index contributed by atoms with van der Waals surface area (Å²) in [5, 5.41) is 0. The largest absolute Gasteiger partial charge is 0.318 e. The quantitative estimate of drug-likeness (QED) is 0.706. The first kappa shape index (κ1) is 10.2. The fourth-order valence-electron chi connectivity index (χ4n) is 1.29. The highest BCUT2D eigenvalue weighted by Crippen LogP contribution is 2.07. The fraction of sp³-hybridized carbons (Fsp3) is 0.455. The second-order valence-electron chi connectivity index (χ2n) is 3.44. The van der Waals surface area contributed by atoms with Gasteiger partial charge in [-0.25, -0.2) is 0 Å². The van der Waals surface area contributed by atoms with Crippen LogP contribution in [-0.2, 0) is 6.42 Å². The highest BCUT2D eigenvalue weighted by atomic mass is 15.1. The highest BCUT2D eigenvalue weighted by molar-refractivity contribution is 5.25. The Labute approximate surface area is 80.4 Å². The van der Waals surface area contributed by atoms with Crippen LogP contribution in [0.3, 0.4) is 0 Å². The number of rotatable bonds is 4. The zero-order valence-electron chi connectivity index (χ0n) is 8.46. The van der Waals surface area contributed by atoms with Crippen LogP contribution in [0.1, 0.15) is 11.1 Å². The Bertz CT molecular complexity index is 258. The van der Waals surface area contributed by atoms with E-state index in [1.807, 2.05) is 7.05 Å². The van der Waals surface area contributed by atoms with Crippen LogP contribution in [0.25, 0.3) is 0 Å². The van der Waals surface area contributed by atoms with Crippen molar-refractivity contribution < 1.29 is 0 Å². The molecule has 13 heavy (non-hydrogen) atoms. The van der Waals surface area contributed by atoms with Gasteiger partial charge in [0.25, 0.3) is 0 Å². The van der Waals surface area contributed by atoms with Gasteiger partial charge in [-0.2, -0.15) is 0 Å². The van der Waals surface area contributed by atoms with Crippen molar-refractivity contribution in [3.8, 4) is 0 Å². The van der Waals surface area contributed by atoms with Crippen molar-refractivity contribution in [2.24, 2.45) is 5.73 Å². The molecule has 0 heterocycles. The van der Waals surface area contributed by atoms with Crippen LogP contribution >= 0.6 is 0 Å². The van der Waals surface area contributed by atoms with Gasteiger partial charge in [0.05, 0.1) is 0 Å².